The lowest BCUT2D eigenvalue weighted by molar-refractivity contribution is 0.0901. The molecule has 2 heterocycles. The average Bonchev–Trinajstić information content (AvgIpc) is 2.97. The Morgan fingerprint density at radius 3 is 2.28 bits per heavy atom. The molecule has 29 heavy (non-hydrogen) atoms. The highest BCUT2D eigenvalue weighted by molar-refractivity contribution is 7.89. The number of sulfonamides is 1. The predicted molar refractivity (Wildman–Crippen MR) is 110 cm³/mol. The first-order chi connectivity index (χ1) is 13.6. The Morgan fingerprint density at radius 2 is 1.72 bits per heavy atom. The number of carbonyl (C=O) groups excluding carboxylic acids is 1. The number of aryl methyl sites for hydroxylation is 1. The minimum Gasteiger partial charge on any atom is -0.346 e. The van der Waals surface area contributed by atoms with E-state index in [2.05, 4.69) is 18.4 Å². The monoisotopic (exact) mass is 421 g/mol. The molecule has 2 aromatic rings. The molecule has 3 rings (SSSR count). The molecule has 0 atom stereocenters. The van der Waals surface area contributed by atoms with Gasteiger partial charge in [0.1, 0.15) is 10.7 Å². The molecule has 0 saturated carbocycles. The van der Waals surface area contributed by atoms with Gasteiger partial charge in [-0.15, -0.1) is 0 Å². The number of ketones is 1. The summed E-state index contributed by atoms with van der Waals surface area (Å²) in [5.74, 6) is -0.707. The van der Waals surface area contributed by atoms with E-state index in [0.717, 1.165) is 23.0 Å². The van der Waals surface area contributed by atoms with Crippen molar-refractivity contribution in [3.8, 4) is 0 Å². The Morgan fingerprint density at radius 1 is 1.10 bits per heavy atom. The van der Waals surface area contributed by atoms with Crippen LogP contribution < -0.4 is 0 Å². The number of benzene rings is 1. The molecule has 0 unspecified atom stereocenters. The maximum absolute atomic E-state index is 13.9. The molecule has 8 heteroatoms. The van der Waals surface area contributed by atoms with E-state index in [1.807, 2.05) is 24.8 Å². The third-order valence-electron chi connectivity index (χ3n) is 5.45. The Bertz CT molecular complexity index is 1010. The fourth-order valence-corrected chi connectivity index (χ4v) is 5.55. The van der Waals surface area contributed by atoms with Crippen molar-refractivity contribution < 1.29 is 17.6 Å². The van der Waals surface area contributed by atoms with E-state index < -0.39 is 15.8 Å². The second-order valence-corrected chi connectivity index (χ2v) is 9.69. The number of Topliss-reactive ketones (excluding diaryl/α,β-unsaturated/α-hetero) is 1. The number of aromatic nitrogens is 1. The van der Waals surface area contributed by atoms with Crippen LogP contribution in [0.1, 0.15) is 41.6 Å². The number of hydrogen-bond donors (Lipinski definition) is 0. The minimum absolute atomic E-state index is 0.0374. The molecule has 1 fully saturated rings. The van der Waals surface area contributed by atoms with Crippen LogP contribution >= 0.6 is 0 Å². The number of carbonyl (C=O) groups is 1. The van der Waals surface area contributed by atoms with E-state index in [-0.39, 0.29) is 36.4 Å². The highest BCUT2D eigenvalue weighted by Crippen LogP contribution is 2.22. The second-order valence-electron chi connectivity index (χ2n) is 7.78. The number of halogens is 1. The SMILES string of the molecule is Cc1cc(C(=O)CN2CCN(S(=O)(=O)c3ccccc3F)CC2)c(C)n1C(C)C. The first-order valence-electron chi connectivity index (χ1n) is 9.81. The molecule has 0 N–H and O–H groups in total. The fourth-order valence-electron chi connectivity index (χ4n) is 4.06. The van der Waals surface area contributed by atoms with Crippen molar-refractivity contribution in [2.24, 2.45) is 0 Å². The molecule has 0 amide bonds. The summed E-state index contributed by atoms with van der Waals surface area (Å²) < 4.78 is 42.8. The van der Waals surface area contributed by atoms with E-state index in [4.69, 9.17) is 0 Å². The first-order valence-corrected chi connectivity index (χ1v) is 11.3. The summed E-state index contributed by atoms with van der Waals surface area (Å²) in [7, 11) is -3.87. The van der Waals surface area contributed by atoms with E-state index in [0.29, 0.717) is 13.1 Å². The van der Waals surface area contributed by atoms with Gasteiger partial charge in [-0.2, -0.15) is 4.31 Å². The Labute approximate surface area is 172 Å². The summed E-state index contributed by atoms with van der Waals surface area (Å²) in [6, 6.07) is 7.62. The summed E-state index contributed by atoms with van der Waals surface area (Å²) in [6.45, 7) is 9.70. The molecule has 1 saturated heterocycles. The summed E-state index contributed by atoms with van der Waals surface area (Å²) in [6.07, 6.45) is 0. The largest absolute Gasteiger partial charge is 0.346 e. The molecule has 1 aliphatic heterocycles. The smallest absolute Gasteiger partial charge is 0.246 e. The van der Waals surface area contributed by atoms with Crippen LogP contribution in [0.4, 0.5) is 4.39 Å². The van der Waals surface area contributed by atoms with Crippen molar-refractivity contribution in [2.45, 2.75) is 38.6 Å². The maximum Gasteiger partial charge on any atom is 0.246 e. The number of hydrogen-bond acceptors (Lipinski definition) is 4. The van der Waals surface area contributed by atoms with Gasteiger partial charge in [-0.3, -0.25) is 9.69 Å². The highest BCUT2D eigenvalue weighted by atomic mass is 32.2. The maximum atomic E-state index is 13.9. The molecule has 0 bridgehead atoms. The molecule has 1 aromatic carbocycles. The van der Waals surface area contributed by atoms with Crippen molar-refractivity contribution in [1.29, 1.82) is 0 Å². The van der Waals surface area contributed by atoms with Crippen LogP contribution in [0.3, 0.4) is 0 Å². The van der Waals surface area contributed by atoms with Crippen LogP contribution in [-0.4, -0.2) is 60.7 Å². The number of rotatable bonds is 6. The minimum atomic E-state index is -3.87. The number of piperazine rings is 1. The fraction of sp³-hybridized carbons (Fsp3) is 0.476. The van der Waals surface area contributed by atoms with Crippen molar-refractivity contribution in [1.82, 2.24) is 13.8 Å². The lowest BCUT2D eigenvalue weighted by atomic mass is 10.1. The lowest BCUT2D eigenvalue weighted by Crippen LogP contribution is -2.49. The van der Waals surface area contributed by atoms with Gasteiger partial charge in [0.25, 0.3) is 0 Å². The van der Waals surface area contributed by atoms with Gasteiger partial charge in [0.15, 0.2) is 5.78 Å². The van der Waals surface area contributed by atoms with E-state index in [1.54, 1.807) is 0 Å². The van der Waals surface area contributed by atoms with Crippen LogP contribution in [-0.2, 0) is 10.0 Å². The average molecular weight is 422 g/mol. The molecular formula is C21H28FN3O3S. The van der Waals surface area contributed by atoms with Crippen molar-refractivity contribution >= 4 is 15.8 Å². The van der Waals surface area contributed by atoms with Crippen molar-refractivity contribution in [3.05, 3.63) is 53.1 Å². The van der Waals surface area contributed by atoms with Crippen LogP contribution in [0, 0.1) is 19.7 Å². The van der Waals surface area contributed by atoms with Crippen LogP contribution in [0.5, 0.6) is 0 Å². The van der Waals surface area contributed by atoms with Crippen molar-refractivity contribution in [2.75, 3.05) is 32.7 Å². The van der Waals surface area contributed by atoms with Crippen molar-refractivity contribution in [3.63, 3.8) is 0 Å². The highest BCUT2D eigenvalue weighted by Gasteiger charge is 2.31. The third-order valence-corrected chi connectivity index (χ3v) is 7.39. The zero-order valence-electron chi connectivity index (χ0n) is 17.4. The van der Waals surface area contributed by atoms with Gasteiger partial charge in [0.05, 0.1) is 6.54 Å². The third kappa shape index (κ3) is 4.29. The van der Waals surface area contributed by atoms with Gasteiger partial charge in [0.2, 0.25) is 10.0 Å². The Hall–Kier alpha value is -2.03. The molecule has 1 aliphatic rings. The molecule has 1 aromatic heterocycles. The van der Waals surface area contributed by atoms with Crippen LogP contribution in [0.25, 0.3) is 0 Å². The van der Waals surface area contributed by atoms with Gasteiger partial charge >= 0.3 is 0 Å². The summed E-state index contributed by atoms with van der Waals surface area (Å²) in [5, 5.41) is 0. The van der Waals surface area contributed by atoms with Crippen LogP contribution in [0.15, 0.2) is 35.2 Å². The lowest BCUT2D eigenvalue weighted by Gasteiger charge is -2.33. The molecular weight excluding hydrogens is 393 g/mol. The molecule has 158 valence electrons. The Balaban J connectivity index is 1.65. The Kier molecular flexibility index (Phi) is 6.26. The van der Waals surface area contributed by atoms with E-state index in [1.165, 1.54) is 22.5 Å². The second kappa shape index (κ2) is 8.38. The standard InChI is InChI=1S/C21H28FN3O3S/c1-15(2)25-16(3)13-18(17(25)4)20(26)14-23-9-11-24(12-10-23)29(27,28)21-8-6-5-7-19(21)22/h5-8,13,15H,9-12,14H2,1-4H3. The van der Waals surface area contributed by atoms with Gasteiger partial charge in [0, 0.05) is 49.2 Å². The molecule has 0 aliphatic carbocycles. The zero-order valence-corrected chi connectivity index (χ0v) is 18.2. The molecule has 0 spiro atoms. The molecule has 6 nitrogen and oxygen atoms in total. The topological polar surface area (TPSA) is 62.6 Å². The van der Waals surface area contributed by atoms with Gasteiger partial charge < -0.3 is 4.57 Å². The van der Waals surface area contributed by atoms with E-state index in [9.17, 15) is 17.6 Å². The quantitative estimate of drug-likeness (QED) is 0.673. The summed E-state index contributed by atoms with van der Waals surface area (Å²) in [5.41, 5.74) is 2.74. The van der Waals surface area contributed by atoms with E-state index >= 15 is 0 Å². The molecule has 0 radical (unpaired) electrons. The van der Waals surface area contributed by atoms with Gasteiger partial charge in [-0.25, -0.2) is 12.8 Å². The summed E-state index contributed by atoms with van der Waals surface area (Å²) >= 11 is 0. The van der Waals surface area contributed by atoms with Crippen LogP contribution in [0.2, 0.25) is 0 Å². The predicted octanol–water partition coefficient (Wildman–Crippen LogP) is 3.01. The van der Waals surface area contributed by atoms with Gasteiger partial charge in [-0.05, 0) is 45.9 Å². The van der Waals surface area contributed by atoms with Gasteiger partial charge in [-0.1, -0.05) is 12.1 Å². The number of nitrogens with zero attached hydrogens (tertiary/aromatic N) is 3. The zero-order chi connectivity index (χ0) is 21.3. The first kappa shape index (κ1) is 21.7. The summed E-state index contributed by atoms with van der Waals surface area (Å²) in [4.78, 5) is 14.5. The normalized spacial score (nSPS) is 16.5.